The van der Waals surface area contributed by atoms with Crippen LogP contribution in [0, 0.1) is 0 Å². The summed E-state index contributed by atoms with van der Waals surface area (Å²) in [5.74, 6) is -0.866. The monoisotopic (exact) mass is 375 g/mol. The van der Waals surface area contributed by atoms with E-state index >= 15 is 0 Å². The summed E-state index contributed by atoms with van der Waals surface area (Å²) in [5, 5.41) is 1.68. The lowest BCUT2D eigenvalue weighted by atomic mass is 10.1. The maximum Gasteiger partial charge on any atom is 0.339 e. The van der Waals surface area contributed by atoms with Gasteiger partial charge in [0.25, 0.3) is 5.91 Å². The van der Waals surface area contributed by atoms with Gasteiger partial charge < -0.3 is 9.64 Å². The Bertz CT molecular complexity index is 933. The summed E-state index contributed by atoms with van der Waals surface area (Å²) >= 11 is 0. The zero-order valence-corrected chi connectivity index (χ0v) is 15.4. The van der Waals surface area contributed by atoms with Crippen LogP contribution in [-0.2, 0) is 19.4 Å². The van der Waals surface area contributed by atoms with Crippen LogP contribution >= 0.6 is 0 Å². The molecule has 0 aromatic heterocycles. The zero-order chi connectivity index (χ0) is 18.7. The van der Waals surface area contributed by atoms with Gasteiger partial charge in [0.05, 0.1) is 17.1 Å². The minimum absolute atomic E-state index is 0.0240. The molecule has 1 aliphatic heterocycles. The number of sulfone groups is 1. The summed E-state index contributed by atoms with van der Waals surface area (Å²) < 4.78 is 28.5. The molecule has 1 amide bonds. The highest BCUT2D eigenvalue weighted by molar-refractivity contribution is 7.91. The summed E-state index contributed by atoms with van der Waals surface area (Å²) in [6.45, 7) is 1.77. The van der Waals surface area contributed by atoms with Crippen molar-refractivity contribution >= 4 is 32.5 Å². The van der Waals surface area contributed by atoms with E-state index < -0.39 is 22.4 Å². The van der Waals surface area contributed by atoms with Gasteiger partial charge in [-0.2, -0.15) is 0 Å². The van der Waals surface area contributed by atoms with Crippen LogP contribution in [0.3, 0.4) is 0 Å². The molecule has 0 spiro atoms. The lowest BCUT2D eigenvalue weighted by molar-refractivity contribution is -0.136. The number of carbonyl (C=O) groups is 2. The first-order valence-corrected chi connectivity index (χ1v) is 10.4. The molecule has 0 aliphatic carbocycles. The average molecular weight is 375 g/mol. The van der Waals surface area contributed by atoms with Crippen molar-refractivity contribution in [3.63, 3.8) is 0 Å². The third kappa shape index (κ3) is 3.88. The van der Waals surface area contributed by atoms with Crippen molar-refractivity contribution in [2.75, 3.05) is 24.7 Å². The van der Waals surface area contributed by atoms with Crippen LogP contribution in [0.1, 0.15) is 23.7 Å². The van der Waals surface area contributed by atoms with Gasteiger partial charge in [-0.05, 0) is 30.2 Å². The lowest BCUT2D eigenvalue weighted by Gasteiger charge is -2.26. The van der Waals surface area contributed by atoms with Crippen LogP contribution in [0.2, 0.25) is 0 Å². The van der Waals surface area contributed by atoms with Crippen molar-refractivity contribution in [3.8, 4) is 0 Å². The van der Waals surface area contributed by atoms with Crippen molar-refractivity contribution < 1.29 is 22.7 Å². The number of nitrogens with zero attached hydrogens (tertiary/aromatic N) is 1. The number of fused-ring (bicyclic) bond motifs is 1. The molecule has 1 atom stereocenters. The van der Waals surface area contributed by atoms with Gasteiger partial charge in [-0.1, -0.05) is 36.4 Å². The van der Waals surface area contributed by atoms with E-state index in [0.717, 1.165) is 10.8 Å². The van der Waals surface area contributed by atoms with E-state index in [9.17, 15) is 18.0 Å². The van der Waals surface area contributed by atoms with Crippen LogP contribution in [-0.4, -0.2) is 55.9 Å². The highest BCUT2D eigenvalue weighted by Gasteiger charge is 2.34. The predicted octanol–water partition coefficient (Wildman–Crippen LogP) is 2.03. The summed E-state index contributed by atoms with van der Waals surface area (Å²) in [7, 11) is -3.08. The number of hydrogen-bond donors (Lipinski definition) is 0. The van der Waals surface area contributed by atoms with Crippen molar-refractivity contribution in [2.24, 2.45) is 0 Å². The van der Waals surface area contributed by atoms with Gasteiger partial charge in [0, 0.05) is 12.6 Å². The van der Waals surface area contributed by atoms with Gasteiger partial charge in [0.2, 0.25) is 0 Å². The number of benzene rings is 2. The molecule has 0 saturated carbocycles. The Hall–Kier alpha value is -2.41. The summed E-state index contributed by atoms with van der Waals surface area (Å²) in [6, 6.07) is 12.4. The van der Waals surface area contributed by atoms with Crippen molar-refractivity contribution in [3.05, 3.63) is 48.0 Å². The van der Waals surface area contributed by atoms with Gasteiger partial charge in [-0.3, -0.25) is 4.79 Å². The Kier molecular flexibility index (Phi) is 5.27. The molecule has 1 saturated heterocycles. The van der Waals surface area contributed by atoms with E-state index in [1.54, 1.807) is 19.1 Å². The first kappa shape index (κ1) is 18.4. The molecule has 0 N–H and O–H groups in total. The van der Waals surface area contributed by atoms with E-state index in [1.807, 2.05) is 30.3 Å². The van der Waals surface area contributed by atoms with Crippen molar-refractivity contribution in [1.82, 2.24) is 4.90 Å². The fraction of sp³-hybridized carbons (Fsp3) is 0.368. The number of ether oxygens (including phenoxy) is 1. The van der Waals surface area contributed by atoms with Crippen LogP contribution < -0.4 is 0 Å². The first-order valence-electron chi connectivity index (χ1n) is 8.56. The van der Waals surface area contributed by atoms with E-state index in [0.29, 0.717) is 18.5 Å². The highest BCUT2D eigenvalue weighted by Crippen LogP contribution is 2.20. The van der Waals surface area contributed by atoms with Gasteiger partial charge in [-0.15, -0.1) is 0 Å². The number of esters is 1. The maximum atomic E-state index is 12.4. The Morgan fingerprint density at radius 2 is 1.88 bits per heavy atom. The summed E-state index contributed by atoms with van der Waals surface area (Å²) in [5.41, 5.74) is 0.405. The number of hydrogen-bond acceptors (Lipinski definition) is 5. The topological polar surface area (TPSA) is 80.8 Å². The molecule has 1 fully saturated rings. The zero-order valence-electron chi connectivity index (χ0n) is 14.6. The second kappa shape index (κ2) is 7.45. The Labute approximate surface area is 152 Å². The molecular weight excluding hydrogens is 354 g/mol. The van der Waals surface area contributed by atoms with E-state index in [2.05, 4.69) is 0 Å². The second-order valence-electron chi connectivity index (χ2n) is 6.34. The SMILES string of the molecule is CCN(C(=O)COC(=O)c1cccc2ccccc12)C1CCS(=O)(=O)C1. The van der Waals surface area contributed by atoms with Gasteiger partial charge in [0.15, 0.2) is 16.4 Å². The smallest absolute Gasteiger partial charge is 0.339 e. The molecule has 1 aliphatic rings. The van der Waals surface area contributed by atoms with Gasteiger partial charge >= 0.3 is 5.97 Å². The van der Waals surface area contributed by atoms with E-state index in [4.69, 9.17) is 4.74 Å². The molecule has 7 heteroatoms. The average Bonchev–Trinajstić information content (AvgIpc) is 2.99. The van der Waals surface area contributed by atoms with Gasteiger partial charge in [0.1, 0.15) is 0 Å². The minimum atomic E-state index is -3.08. The highest BCUT2D eigenvalue weighted by atomic mass is 32.2. The number of amides is 1. The maximum absolute atomic E-state index is 12.4. The largest absolute Gasteiger partial charge is 0.452 e. The molecule has 6 nitrogen and oxygen atoms in total. The molecule has 0 bridgehead atoms. The standard InChI is InChI=1S/C19H21NO5S/c1-2-20(15-10-11-26(23,24)13-15)18(21)12-25-19(22)17-9-5-7-14-6-3-4-8-16(14)17/h3-9,15H,2,10-13H2,1H3. The molecule has 26 heavy (non-hydrogen) atoms. The predicted molar refractivity (Wildman–Crippen MR) is 98.7 cm³/mol. The summed E-state index contributed by atoms with van der Waals surface area (Å²) in [4.78, 5) is 26.3. The van der Waals surface area contributed by atoms with Crippen LogP contribution in [0.15, 0.2) is 42.5 Å². The van der Waals surface area contributed by atoms with Crippen LogP contribution in [0.25, 0.3) is 10.8 Å². The van der Waals surface area contributed by atoms with E-state index in [1.165, 1.54) is 4.90 Å². The fourth-order valence-electron chi connectivity index (χ4n) is 3.35. The quantitative estimate of drug-likeness (QED) is 0.747. The summed E-state index contributed by atoms with van der Waals surface area (Å²) in [6.07, 6.45) is 0.430. The molecule has 1 unspecified atom stereocenters. The normalized spacial score (nSPS) is 18.6. The van der Waals surface area contributed by atoms with Gasteiger partial charge in [-0.25, -0.2) is 13.2 Å². The number of carbonyl (C=O) groups excluding carboxylic acids is 2. The molecule has 2 aromatic carbocycles. The molecule has 3 rings (SSSR count). The molecule has 138 valence electrons. The first-order chi connectivity index (χ1) is 12.4. The number of likely N-dealkylation sites (N-methyl/N-ethyl adjacent to an activating group) is 1. The van der Waals surface area contributed by atoms with E-state index in [-0.39, 0.29) is 23.5 Å². The third-order valence-corrected chi connectivity index (χ3v) is 6.40. The Balaban J connectivity index is 1.67. The van der Waals surface area contributed by atoms with Crippen LogP contribution in [0.4, 0.5) is 0 Å². The fourth-order valence-corrected chi connectivity index (χ4v) is 5.08. The third-order valence-electron chi connectivity index (χ3n) is 4.65. The lowest BCUT2D eigenvalue weighted by Crippen LogP contribution is -2.43. The Morgan fingerprint density at radius 3 is 2.58 bits per heavy atom. The Morgan fingerprint density at radius 1 is 1.15 bits per heavy atom. The number of rotatable bonds is 5. The minimum Gasteiger partial charge on any atom is -0.452 e. The molecule has 0 radical (unpaired) electrons. The van der Waals surface area contributed by atoms with Crippen molar-refractivity contribution in [2.45, 2.75) is 19.4 Å². The second-order valence-corrected chi connectivity index (χ2v) is 8.57. The molecule has 1 heterocycles. The molecular formula is C19H21NO5S. The molecule has 2 aromatic rings. The van der Waals surface area contributed by atoms with Crippen LogP contribution in [0.5, 0.6) is 0 Å². The van der Waals surface area contributed by atoms with Crippen molar-refractivity contribution in [1.29, 1.82) is 0 Å².